The molecule has 0 bridgehead atoms. The van der Waals surface area contributed by atoms with Crippen molar-refractivity contribution >= 4 is 40.8 Å². The number of aliphatic hydroxyl groups is 1. The third-order valence-corrected chi connectivity index (χ3v) is 6.50. The molecule has 32 heavy (non-hydrogen) atoms. The van der Waals surface area contributed by atoms with E-state index < -0.39 is 23.9 Å². The van der Waals surface area contributed by atoms with Crippen LogP contribution in [0.25, 0.3) is 0 Å². The number of nitrogens with one attached hydrogen (secondary N) is 3. The Labute approximate surface area is 187 Å². The summed E-state index contributed by atoms with van der Waals surface area (Å²) in [6.45, 7) is 2.11. The molecule has 2 fully saturated rings. The number of hydrogen-bond acceptors (Lipinski definition) is 9. The van der Waals surface area contributed by atoms with E-state index >= 15 is 0 Å². The van der Waals surface area contributed by atoms with Gasteiger partial charge in [0, 0.05) is 41.9 Å². The Morgan fingerprint density at radius 3 is 2.72 bits per heavy atom. The van der Waals surface area contributed by atoms with Gasteiger partial charge in [-0.2, -0.15) is 9.97 Å². The number of aliphatic hydroxyl groups excluding tert-OH is 1. The summed E-state index contributed by atoms with van der Waals surface area (Å²) in [5.41, 5.74) is 0.694. The zero-order chi connectivity index (χ0) is 22.8. The highest BCUT2D eigenvalue weighted by Crippen LogP contribution is 2.31. The Hall–Kier alpha value is -2.54. The van der Waals surface area contributed by atoms with Crippen molar-refractivity contribution in [1.29, 1.82) is 5.41 Å². The minimum absolute atomic E-state index is 0.0109. The Kier molecular flexibility index (Phi) is 6.74. The molecule has 9 nitrogen and oxygen atoms in total. The standard InChI is InChI=1S/C20H25F2N7O2S/c1-32(31)29-9-14(10-29)25-20-26-18(24-13-4-2-3-12(7-13)17(21)22)16(8-23)19(27-20)28-6-5-15(30)11-28/h2-4,7-8,14-15,17,23,30H,5-6,9-11H2,1H3,(H2,24,25,26,27). The largest absolute Gasteiger partial charge is 0.598 e. The molecule has 0 saturated carbocycles. The van der Waals surface area contributed by atoms with E-state index in [0.29, 0.717) is 61.4 Å². The van der Waals surface area contributed by atoms with Crippen molar-refractivity contribution in [2.45, 2.75) is 25.0 Å². The van der Waals surface area contributed by atoms with Gasteiger partial charge in [0.25, 0.3) is 6.43 Å². The van der Waals surface area contributed by atoms with Crippen LogP contribution < -0.4 is 15.5 Å². The van der Waals surface area contributed by atoms with Crippen LogP contribution in [0.4, 0.5) is 32.1 Å². The smallest absolute Gasteiger partial charge is 0.263 e. The normalized spacial score (nSPS) is 20.3. The molecule has 1 aromatic carbocycles. The second kappa shape index (κ2) is 9.53. The van der Waals surface area contributed by atoms with Crippen LogP contribution in [-0.4, -0.2) is 74.7 Å². The van der Waals surface area contributed by atoms with Gasteiger partial charge in [-0.05, 0) is 18.6 Å². The van der Waals surface area contributed by atoms with Gasteiger partial charge in [0.05, 0.1) is 30.8 Å². The van der Waals surface area contributed by atoms with Gasteiger partial charge in [0.1, 0.15) is 17.9 Å². The summed E-state index contributed by atoms with van der Waals surface area (Å²) in [6, 6.07) is 5.87. The number of halogens is 2. The average molecular weight is 466 g/mol. The van der Waals surface area contributed by atoms with Crippen molar-refractivity contribution in [3.05, 3.63) is 35.4 Å². The minimum atomic E-state index is -2.60. The monoisotopic (exact) mass is 465 g/mol. The van der Waals surface area contributed by atoms with Crippen LogP contribution in [0.1, 0.15) is 24.0 Å². The van der Waals surface area contributed by atoms with Crippen LogP contribution >= 0.6 is 0 Å². The first-order chi connectivity index (χ1) is 15.3. The zero-order valence-electron chi connectivity index (χ0n) is 17.5. The summed E-state index contributed by atoms with van der Waals surface area (Å²) in [7, 11) is 0. The van der Waals surface area contributed by atoms with E-state index in [1.165, 1.54) is 18.2 Å². The highest BCUT2D eigenvalue weighted by molar-refractivity contribution is 7.88. The first kappa shape index (κ1) is 22.6. The first-order valence-corrected chi connectivity index (χ1v) is 11.7. The van der Waals surface area contributed by atoms with E-state index in [2.05, 4.69) is 20.6 Å². The lowest BCUT2D eigenvalue weighted by Crippen LogP contribution is -2.56. The van der Waals surface area contributed by atoms with Crippen LogP contribution in [0.15, 0.2) is 24.3 Å². The fourth-order valence-corrected chi connectivity index (χ4v) is 4.52. The van der Waals surface area contributed by atoms with Gasteiger partial charge in [-0.1, -0.05) is 12.1 Å². The van der Waals surface area contributed by atoms with Gasteiger partial charge >= 0.3 is 0 Å². The molecule has 172 valence electrons. The molecule has 2 unspecified atom stereocenters. The molecular weight excluding hydrogens is 440 g/mol. The summed E-state index contributed by atoms with van der Waals surface area (Å²) in [6.07, 6.45) is 0.239. The van der Waals surface area contributed by atoms with E-state index in [9.17, 15) is 18.4 Å². The van der Waals surface area contributed by atoms with Gasteiger partial charge < -0.3 is 30.6 Å². The number of β-amino-alcohol motifs (C(OH)–C–C–N with tert-alkyl or cyclic N) is 1. The third-order valence-electron chi connectivity index (χ3n) is 5.48. The molecule has 4 rings (SSSR count). The Morgan fingerprint density at radius 1 is 1.31 bits per heavy atom. The van der Waals surface area contributed by atoms with Crippen LogP contribution in [-0.2, 0) is 11.4 Å². The Morgan fingerprint density at radius 2 is 2.09 bits per heavy atom. The first-order valence-electron chi connectivity index (χ1n) is 10.2. The number of alkyl halides is 2. The van der Waals surface area contributed by atoms with Crippen LogP contribution in [0.3, 0.4) is 0 Å². The molecule has 12 heteroatoms. The summed E-state index contributed by atoms with van der Waals surface area (Å²) >= 11 is -1.04. The van der Waals surface area contributed by atoms with Crippen molar-refractivity contribution in [2.75, 3.05) is 48.0 Å². The molecule has 0 radical (unpaired) electrons. The molecule has 2 atom stereocenters. The molecular formula is C20H25F2N7O2S. The van der Waals surface area contributed by atoms with Crippen LogP contribution in [0.5, 0.6) is 0 Å². The summed E-state index contributed by atoms with van der Waals surface area (Å²) < 4.78 is 39.6. The highest BCUT2D eigenvalue weighted by Gasteiger charge is 2.34. The van der Waals surface area contributed by atoms with Crippen molar-refractivity contribution in [1.82, 2.24) is 14.3 Å². The number of nitrogens with zero attached hydrogens (tertiary/aromatic N) is 4. The topological polar surface area (TPSA) is 123 Å². The van der Waals surface area contributed by atoms with Gasteiger partial charge in [0.15, 0.2) is 0 Å². The second-order valence-corrected chi connectivity index (χ2v) is 9.19. The minimum Gasteiger partial charge on any atom is -0.598 e. The van der Waals surface area contributed by atoms with Gasteiger partial charge in [-0.15, -0.1) is 4.31 Å². The average Bonchev–Trinajstić information content (AvgIpc) is 3.16. The van der Waals surface area contributed by atoms with Gasteiger partial charge in [0.2, 0.25) is 5.95 Å². The van der Waals surface area contributed by atoms with Gasteiger partial charge in [-0.25, -0.2) is 8.78 Å². The molecule has 2 aromatic rings. The SMILES string of the molecule is C[S+]([O-])N1CC(Nc2nc(Nc3cccc(C(F)F)c3)c(C=N)c(N3CCC(O)C3)n2)C1. The molecule has 3 heterocycles. The molecule has 2 aliphatic rings. The second-order valence-electron chi connectivity index (χ2n) is 7.83. The maximum absolute atomic E-state index is 13.1. The Balaban J connectivity index is 1.65. The molecule has 4 N–H and O–H groups in total. The van der Waals surface area contributed by atoms with Crippen LogP contribution in [0, 0.1) is 5.41 Å². The number of rotatable bonds is 8. The third kappa shape index (κ3) is 4.93. The summed E-state index contributed by atoms with van der Waals surface area (Å²) in [4.78, 5) is 11.0. The highest BCUT2D eigenvalue weighted by atomic mass is 32.2. The molecule has 2 saturated heterocycles. The summed E-state index contributed by atoms with van der Waals surface area (Å²) in [5.74, 6) is 1.10. The Bertz CT molecular complexity index is 975. The van der Waals surface area contributed by atoms with Gasteiger partial charge in [-0.3, -0.25) is 0 Å². The molecule has 1 aromatic heterocycles. The number of benzene rings is 1. The molecule has 0 spiro atoms. The number of aromatic nitrogens is 2. The van der Waals surface area contributed by atoms with Crippen molar-refractivity contribution in [3.8, 4) is 0 Å². The number of hydrogen-bond donors (Lipinski definition) is 4. The predicted octanol–water partition coefficient (Wildman–Crippen LogP) is 2.12. The van der Waals surface area contributed by atoms with Crippen molar-refractivity contribution in [2.24, 2.45) is 0 Å². The van der Waals surface area contributed by atoms with E-state index in [4.69, 9.17) is 5.41 Å². The van der Waals surface area contributed by atoms with Crippen molar-refractivity contribution in [3.63, 3.8) is 0 Å². The lowest BCUT2D eigenvalue weighted by molar-refractivity contribution is 0.151. The van der Waals surface area contributed by atoms with Crippen molar-refractivity contribution < 1.29 is 18.4 Å². The fraction of sp³-hybridized carbons (Fsp3) is 0.450. The van der Waals surface area contributed by atoms with E-state index in [1.54, 1.807) is 16.6 Å². The van der Waals surface area contributed by atoms with E-state index in [0.717, 1.165) is 6.21 Å². The summed E-state index contributed by atoms with van der Waals surface area (Å²) in [5, 5.41) is 24.2. The predicted molar refractivity (Wildman–Crippen MR) is 120 cm³/mol. The molecule has 2 aliphatic heterocycles. The lowest BCUT2D eigenvalue weighted by atomic mass is 10.2. The fourth-order valence-electron chi connectivity index (χ4n) is 3.74. The molecule has 0 amide bonds. The van der Waals surface area contributed by atoms with E-state index in [1.807, 2.05) is 4.90 Å². The maximum Gasteiger partial charge on any atom is 0.263 e. The maximum atomic E-state index is 13.1. The lowest BCUT2D eigenvalue weighted by Gasteiger charge is -2.37. The molecule has 0 aliphatic carbocycles. The zero-order valence-corrected chi connectivity index (χ0v) is 18.3. The quantitative estimate of drug-likeness (QED) is 0.345. The number of anilines is 4. The van der Waals surface area contributed by atoms with Crippen LogP contribution in [0.2, 0.25) is 0 Å². The van der Waals surface area contributed by atoms with E-state index in [-0.39, 0.29) is 11.6 Å².